The molecule has 7 nitrogen and oxygen atoms in total. The van der Waals surface area contributed by atoms with Gasteiger partial charge in [0, 0.05) is 37.0 Å². The number of hydrogen-bond donors (Lipinski definition) is 2. The standard InChI is InChI=1S/C28H32N4O3/c33-27-21-32(19-22-9-3-1-4-10-22)20-24-13-12-23(17-26(24)35-16-8-2-6-15-30-27)28(34)31-18-25-11-5-7-14-29-25/h1,3-5,7,9-14,17H,2,6,8,15-16,18-21H2,(H,30,33)(H,31,34). The van der Waals surface area contributed by atoms with E-state index in [0.29, 0.717) is 50.6 Å². The zero-order chi connectivity index (χ0) is 24.3. The van der Waals surface area contributed by atoms with Crippen LogP contribution in [-0.4, -0.2) is 41.4 Å². The molecule has 0 saturated carbocycles. The molecule has 0 atom stereocenters. The van der Waals surface area contributed by atoms with E-state index in [9.17, 15) is 9.59 Å². The van der Waals surface area contributed by atoms with Crippen LogP contribution in [0.2, 0.25) is 0 Å². The lowest BCUT2D eigenvalue weighted by molar-refractivity contribution is -0.122. The first-order valence-corrected chi connectivity index (χ1v) is 12.1. The van der Waals surface area contributed by atoms with Crippen molar-refractivity contribution in [1.29, 1.82) is 0 Å². The highest BCUT2D eigenvalue weighted by molar-refractivity contribution is 5.94. The number of nitrogens with zero attached hydrogens (tertiary/aromatic N) is 2. The summed E-state index contributed by atoms with van der Waals surface area (Å²) in [5.41, 5.74) is 3.43. The van der Waals surface area contributed by atoms with Gasteiger partial charge in [-0.1, -0.05) is 42.5 Å². The van der Waals surface area contributed by atoms with E-state index in [0.717, 1.165) is 36.1 Å². The van der Waals surface area contributed by atoms with Gasteiger partial charge in [0.15, 0.2) is 0 Å². The fourth-order valence-corrected chi connectivity index (χ4v) is 4.06. The quantitative estimate of drug-likeness (QED) is 0.592. The summed E-state index contributed by atoms with van der Waals surface area (Å²) in [4.78, 5) is 31.8. The fourth-order valence-electron chi connectivity index (χ4n) is 4.06. The third-order valence-electron chi connectivity index (χ3n) is 5.90. The number of fused-ring (bicyclic) bond motifs is 1. The molecule has 0 unspecified atom stereocenters. The Morgan fingerprint density at radius 3 is 2.69 bits per heavy atom. The van der Waals surface area contributed by atoms with Crippen molar-refractivity contribution < 1.29 is 14.3 Å². The molecule has 4 rings (SSSR count). The van der Waals surface area contributed by atoms with Crippen molar-refractivity contribution in [2.75, 3.05) is 19.7 Å². The lowest BCUT2D eigenvalue weighted by Crippen LogP contribution is -2.37. The molecule has 0 aliphatic carbocycles. The lowest BCUT2D eigenvalue weighted by Gasteiger charge is -2.23. The second-order valence-corrected chi connectivity index (χ2v) is 8.72. The Bertz CT molecular complexity index is 1110. The average Bonchev–Trinajstić information content (AvgIpc) is 2.89. The largest absolute Gasteiger partial charge is 0.493 e. The molecule has 2 aromatic carbocycles. The van der Waals surface area contributed by atoms with Crippen molar-refractivity contribution in [3.05, 3.63) is 95.3 Å². The van der Waals surface area contributed by atoms with Gasteiger partial charge >= 0.3 is 0 Å². The number of carbonyl (C=O) groups excluding carboxylic acids is 2. The predicted octanol–water partition coefficient (Wildman–Crippen LogP) is 3.69. The predicted molar refractivity (Wildman–Crippen MR) is 135 cm³/mol. The minimum Gasteiger partial charge on any atom is -0.493 e. The summed E-state index contributed by atoms with van der Waals surface area (Å²) in [6, 6.07) is 21.3. The second kappa shape index (κ2) is 12.7. The number of amides is 2. The van der Waals surface area contributed by atoms with E-state index >= 15 is 0 Å². The van der Waals surface area contributed by atoms with Gasteiger partial charge in [0.1, 0.15) is 5.75 Å². The van der Waals surface area contributed by atoms with E-state index in [4.69, 9.17) is 4.74 Å². The van der Waals surface area contributed by atoms with E-state index < -0.39 is 0 Å². The summed E-state index contributed by atoms with van der Waals surface area (Å²) in [6.07, 6.45) is 4.48. The molecule has 1 aromatic heterocycles. The minimum absolute atomic E-state index is 0.0214. The smallest absolute Gasteiger partial charge is 0.251 e. The molecule has 0 bridgehead atoms. The molecule has 182 valence electrons. The van der Waals surface area contributed by atoms with Crippen molar-refractivity contribution >= 4 is 11.8 Å². The van der Waals surface area contributed by atoms with E-state index in [2.05, 4.69) is 32.7 Å². The monoisotopic (exact) mass is 472 g/mol. The Balaban J connectivity index is 1.53. The third-order valence-corrected chi connectivity index (χ3v) is 5.90. The summed E-state index contributed by atoms with van der Waals surface area (Å²) < 4.78 is 6.16. The average molecular weight is 473 g/mol. The molecule has 0 saturated heterocycles. The maximum Gasteiger partial charge on any atom is 0.251 e. The molecule has 0 radical (unpaired) electrons. The Labute approximate surface area is 206 Å². The van der Waals surface area contributed by atoms with Gasteiger partial charge < -0.3 is 15.4 Å². The summed E-state index contributed by atoms with van der Waals surface area (Å²) in [5, 5.41) is 5.96. The Kier molecular flexibility index (Phi) is 8.84. The van der Waals surface area contributed by atoms with Gasteiger partial charge in [-0.3, -0.25) is 19.5 Å². The lowest BCUT2D eigenvalue weighted by atomic mass is 10.1. The van der Waals surface area contributed by atoms with Crippen molar-refractivity contribution in [2.24, 2.45) is 0 Å². The Morgan fingerprint density at radius 1 is 1.00 bits per heavy atom. The zero-order valence-electron chi connectivity index (χ0n) is 19.9. The summed E-state index contributed by atoms with van der Waals surface area (Å²) in [7, 11) is 0. The second-order valence-electron chi connectivity index (χ2n) is 8.72. The zero-order valence-corrected chi connectivity index (χ0v) is 19.9. The number of benzene rings is 2. The van der Waals surface area contributed by atoms with Crippen LogP contribution in [0.25, 0.3) is 0 Å². The van der Waals surface area contributed by atoms with Gasteiger partial charge in [-0.05, 0) is 49.1 Å². The number of hydrogen-bond acceptors (Lipinski definition) is 5. The van der Waals surface area contributed by atoms with Crippen LogP contribution in [0.4, 0.5) is 0 Å². The van der Waals surface area contributed by atoms with Crippen LogP contribution in [0.15, 0.2) is 72.9 Å². The first-order valence-electron chi connectivity index (χ1n) is 12.1. The number of ether oxygens (including phenoxy) is 1. The van der Waals surface area contributed by atoms with Gasteiger partial charge in [-0.2, -0.15) is 0 Å². The van der Waals surface area contributed by atoms with Crippen LogP contribution in [0.3, 0.4) is 0 Å². The number of rotatable bonds is 5. The van der Waals surface area contributed by atoms with Crippen LogP contribution in [0, 0.1) is 0 Å². The molecular formula is C28H32N4O3. The summed E-state index contributed by atoms with van der Waals surface area (Å²) >= 11 is 0. The summed E-state index contributed by atoms with van der Waals surface area (Å²) in [6.45, 7) is 3.07. The van der Waals surface area contributed by atoms with Crippen LogP contribution < -0.4 is 15.4 Å². The maximum atomic E-state index is 12.8. The molecule has 2 heterocycles. The first kappa shape index (κ1) is 24.4. The van der Waals surface area contributed by atoms with Crippen molar-refractivity contribution in [2.45, 2.75) is 38.9 Å². The number of nitrogens with one attached hydrogen (secondary N) is 2. The van der Waals surface area contributed by atoms with Crippen LogP contribution in [-0.2, 0) is 24.4 Å². The third kappa shape index (κ3) is 7.65. The molecule has 7 heteroatoms. The molecule has 2 N–H and O–H groups in total. The summed E-state index contributed by atoms with van der Waals surface area (Å²) in [5.74, 6) is 0.534. The number of aromatic nitrogens is 1. The first-order chi connectivity index (χ1) is 17.2. The van der Waals surface area contributed by atoms with E-state index in [1.54, 1.807) is 6.20 Å². The molecule has 0 fully saturated rings. The van der Waals surface area contributed by atoms with Crippen molar-refractivity contribution in [3.63, 3.8) is 0 Å². The van der Waals surface area contributed by atoms with E-state index in [1.807, 2.05) is 54.6 Å². The van der Waals surface area contributed by atoms with Crippen molar-refractivity contribution in [3.8, 4) is 5.75 Å². The van der Waals surface area contributed by atoms with Crippen LogP contribution in [0.1, 0.15) is 46.4 Å². The number of pyridine rings is 1. The highest BCUT2D eigenvalue weighted by atomic mass is 16.5. The van der Waals surface area contributed by atoms with Gasteiger partial charge in [0.2, 0.25) is 5.91 Å². The molecular weight excluding hydrogens is 440 g/mol. The number of carbonyl (C=O) groups is 2. The highest BCUT2D eigenvalue weighted by Crippen LogP contribution is 2.24. The molecule has 35 heavy (non-hydrogen) atoms. The fraction of sp³-hybridized carbons (Fsp3) is 0.321. The SMILES string of the molecule is O=C1CN(Cc2ccccc2)Cc2ccc(C(=O)NCc3ccccn3)cc2OCCCCCN1. The van der Waals surface area contributed by atoms with Gasteiger partial charge in [-0.15, -0.1) is 0 Å². The van der Waals surface area contributed by atoms with Gasteiger partial charge in [0.05, 0.1) is 25.4 Å². The Hall–Kier alpha value is -3.71. The molecule has 0 spiro atoms. The molecule has 1 aliphatic rings. The Morgan fingerprint density at radius 2 is 1.86 bits per heavy atom. The van der Waals surface area contributed by atoms with E-state index in [-0.39, 0.29) is 11.8 Å². The molecule has 1 aliphatic heterocycles. The highest BCUT2D eigenvalue weighted by Gasteiger charge is 2.17. The normalized spacial score (nSPS) is 15.4. The molecule has 3 aromatic rings. The topological polar surface area (TPSA) is 83.6 Å². The van der Waals surface area contributed by atoms with Crippen molar-refractivity contribution in [1.82, 2.24) is 20.5 Å². The van der Waals surface area contributed by atoms with Gasteiger partial charge in [0.25, 0.3) is 5.91 Å². The minimum atomic E-state index is -0.175. The maximum absolute atomic E-state index is 12.8. The van der Waals surface area contributed by atoms with Gasteiger partial charge in [-0.25, -0.2) is 0 Å². The molecule has 2 amide bonds. The van der Waals surface area contributed by atoms with Crippen LogP contribution >= 0.6 is 0 Å². The van der Waals surface area contributed by atoms with E-state index in [1.165, 1.54) is 0 Å². The van der Waals surface area contributed by atoms with Crippen LogP contribution in [0.5, 0.6) is 5.75 Å².